The Morgan fingerprint density at radius 3 is 2.57 bits per heavy atom. The number of aryl methyl sites for hydroxylation is 1. The number of aromatic hydroxyl groups is 1. The van der Waals surface area contributed by atoms with Crippen LogP contribution in [0.3, 0.4) is 0 Å². The number of carbonyl (C=O) groups is 1. The minimum atomic E-state index is 0.0317. The third-order valence-electron chi connectivity index (χ3n) is 4.06. The highest BCUT2D eigenvalue weighted by Crippen LogP contribution is 2.31. The molecule has 0 spiro atoms. The number of benzene rings is 2. The van der Waals surface area contributed by atoms with E-state index in [2.05, 4.69) is 0 Å². The van der Waals surface area contributed by atoms with Crippen molar-refractivity contribution >= 4 is 11.9 Å². The molecule has 0 fully saturated rings. The first-order valence-electron chi connectivity index (χ1n) is 7.41. The summed E-state index contributed by atoms with van der Waals surface area (Å²) in [6, 6.07) is 10.6. The molecule has 2 aromatic carbocycles. The molecule has 0 saturated heterocycles. The lowest BCUT2D eigenvalue weighted by Gasteiger charge is -2.18. The van der Waals surface area contributed by atoms with E-state index in [4.69, 9.17) is 9.47 Å². The van der Waals surface area contributed by atoms with E-state index in [0.29, 0.717) is 12.2 Å². The molecule has 1 aliphatic rings. The summed E-state index contributed by atoms with van der Waals surface area (Å²) in [4.78, 5) is 12.6. The minimum Gasteiger partial charge on any atom is -0.504 e. The molecule has 4 heteroatoms. The van der Waals surface area contributed by atoms with Crippen molar-refractivity contribution in [2.24, 2.45) is 0 Å². The first-order valence-corrected chi connectivity index (χ1v) is 7.41. The number of ketones is 1. The summed E-state index contributed by atoms with van der Waals surface area (Å²) in [5.74, 6) is 1.28. The number of hydrogen-bond donors (Lipinski definition) is 1. The fraction of sp³-hybridized carbons (Fsp3) is 0.211. The molecule has 0 saturated carbocycles. The second kappa shape index (κ2) is 6.16. The van der Waals surface area contributed by atoms with E-state index < -0.39 is 0 Å². The first-order chi connectivity index (χ1) is 11.1. The average Bonchev–Trinajstić information content (AvgIpc) is 2.57. The molecule has 0 aliphatic heterocycles. The first kappa shape index (κ1) is 15.2. The highest BCUT2D eigenvalue weighted by molar-refractivity contribution is 6.13. The maximum atomic E-state index is 12.6. The van der Waals surface area contributed by atoms with Gasteiger partial charge in [-0.2, -0.15) is 0 Å². The number of fused-ring (bicyclic) bond motifs is 1. The van der Waals surface area contributed by atoms with Crippen LogP contribution < -0.4 is 9.47 Å². The lowest BCUT2D eigenvalue weighted by Crippen LogP contribution is -2.14. The normalized spacial score (nSPS) is 15.4. The molecular weight excluding hydrogens is 292 g/mol. The van der Waals surface area contributed by atoms with Gasteiger partial charge < -0.3 is 14.6 Å². The molecule has 4 nitrogen and oxygen atoms in total. The predicted octanol–water partition coefficient (Wildman–Crippen LogP) is 3.62. The zero-order valence-electron chi connectivity index (χ0n) is 13.1. The number of carbonyl (C=O) groups excluding carboxylic acids is 1. The smallest absolute Gasteiger partial charge is 0.189 e. The second-order valence-electron chi connectivity index (χ2n) is 5.45. The molecule has 0 atom stereocenters. The van der Waals surface area contributed by atoms with Crippen molar-refractivity contribution in [2.75, 3.05) is 14.2 Å². The number of phenolic OH excluding ortho intramolecular Hbond substituents is 1. The van der Waals surface area contributed by atoms with Crippen LogP contribution in [-0.4, -0.2) is 25.1 Å². The number of ether oxygens (including phenoxy) is 2. The van der Waals surface area contributed by atoms with Crippen molar-refractivity contribution in [3.05, 3.63) is 58.7 Å². The van der Waals surface area contributed by atoms with E-state index in [9.17, 15) is 9.90 Å². The number of rotatable bonds is 3. The topological polar surface area (TPSA) is 55.8 Å². The third-order valence-corrected chi connectivity index (χ3v) is 4.06. The Morgan fingerprint density at radius 2 is 1.87 bits per heavy atom. The van der Waals surface area contributed by atoms with E-state index in [1.165, 1.54) is 7.11 Å². The fourth-order valence-corrected chi connectivity index (χ4v) is 2.82. The molecule has 0 bridgehead atoms. The molecule has 1 aliphatic carbocycles. The lowest BCUT2D eigenvalue weighted by atomic mass is 9.86. The van der Waals surface area contributed by atoms with Crippen molar-refractivity contribution in [3.8, 4) is 17.2 Å². The van der Waals surface area contributed by atoms with Gasteiger partial charge in [0.05, 0.1) is 14.2 Å². The Balaban J connectivity index is 1.92. The molecule has 23 heavy (non-hydrogen) atoms. The van der Waals surface area contributed by atoms with E-state index in [1.54, 1.807) is 25.3 Å². The maximum Gasteiger partial charge on any atom is 0.189 e. The SMILES string of the molecule is COc1ccc2c(c1)CCC(=Cc1ccc(OC)c(O)c1)C2=O. The monoisotopic (exact) mass is 310 g/mol. The van der Waals surface area contributed by atoms with Gasteiger partial charge in [0.2, 0.25) is 0 Å². The van der Waals surface area contributed by atoms with Gasteiger partial charge in [-0.05, 0) is 60.4 Å². The van der Waals surface area contributed by atoms with Crippen LogP contribution in [0, 0.1) is 0 Å². The summed E-state index contributed by atoms with van der Waals surface area (Å²) >= 11 is 0. The zero-order chi connectivity index (χ0) is 16.4. The molecule has 3 rings (SSSR count). The predicted molar refractivity (Wildman–Crippen MR) is 88.3 cm³/mol. The Kier molecular flexibility index (Phi) is 4.06. The van der Waals surface area contributed by atoms with Gasteiger partial charge in [-0.1, -0.05) is 6.07 Å². The molecule has 0 heterocycles. The van der Waals surface area contributed by atoms with Crippen LogP contribution in [0.1, 0.15) is 27.9 Å². The lowest BCUT2D eigenvalue weighted by molar-refractivity contribution is 0.102. The van der Waals surface area contributed by atoms with Gasteiger partial charge in [0.25, 0.3) is 0 Å². The van der Waals surface area contributed by atoms with Crippen molar-refractivity contribution in [3.63, 3.8) is 0 Å². The molecule has 0 unspecified atom stereocenters. The van der Waals surface area contributed by atoms with Crippen molar-refractivity contribution in [2.45, 2.75) is 12.8 Å². The molecule has 2 aromatic rings. The van der Waals surface area contributed by atoms with Crippen LogP contribution in [0.4, 0.5) is 0 Å². The summed E-state index contributed by atoms with van der Waals surface area (Å²) in [6.07, 6.45) is 3.30. The number of methoxy groups -OCH3 is 2. The largest absolute Gasteiger partial charge is 0.504 e. The Bertz CT molecular complexity index is 790. The number of hydrogen-bond acceptors (Lipinski definition) is 4. The Labute approximate surface area is 135 Å². The van der Waals surface area contributed by atoms with Crippen LogP contribution >= 0.6 is 0 Å². The standard InChI is InChI=1S/C19H18O4/c1-22-15-6-7-16-13(11-15)4-5-14(19(16)21)9-12-3-8-18(23-2)17(20)10-12/h3,6-11,20H,4-5H2,1-2H3. The van der Waals surface area contributed by atoms with Gasteiger partial charge in [-0.15, -0.1) is 0 Å². The molecular formula is C19H18O4. The Hall–Kier alpha value is -2.75. The Morgan fingerprint density at radius 1 is 1.04 bits per heavy atom. The van der Waals surface area contributed by atoms with E-state index in [-0.39, 0.29) is 11.5 Å². The number of Topliss-reactive ketones (excluding diaryl/α,β-unsaturated/α-hetero) is 1. The van der Waals surface area contributed by atoms with Crippen molar-refractivity contribution in [1.29, 1.82) is 0 Å². The van der Waals surface area contributed by atoms with E-state index >= 15 is 0 Å². The number of allylic oxidation sites excluding steroid dienone is 1. The maximum absolute atomic E-state index is 12.6. The van der Waals surface area contributed by atoms with Gasteiger partial charge in [0.1, 0.15) is 5.75 Å². The fourth-order valence-electron chi connectivity index (χ4n) is 2.82. The van der Waals surface area contributed by atoms with Crippen LogP contribution in [0.25, 0.3) is 6.08 Å². The minimum absolute atomic E-state index is 0.0317. The van der Waals surface area contributed by atoms with Gasteiger partial charge in [-0.3, -0.25) is 4.79 Å². The van der Waals surface area contributed by atoms with Gasteiger partial charge in [0, 0.05) is 11.1 Å². The summed E-state index contributed by atoms with van der Waals surface area (Å²) in [7, 11) is 3.12. The summed E-state index contributed by atoms with van der Waals surface area (Å²) in [5.41, 5.74) is 3.26. The summed E-state index contributed by atoms with van der Waals surface area (Å²) in [6.45, 7) is 0. The van der Waals surface area contributed by atoms with Crippen molar-refractivity contribution < 1.29 is 19.4 Å². The molecule has 118 valence electrons. The quantitative estimate of drug-likeness (QED) is 0.880. The number of phenols is 1. The van der Waals surface area contributed by atoms with Gasteiger partial charge in [0.15, 0.2) is 17.3 Å². The van der Waals surface area contributed by atoms with Crippen LogP contribution in [0.2, 0.25) is 0 Å². The highest BCUT2D eigenvalue weighted by atomic mass is 16.5. The van der Waals surface area contributed by atoms with Crippen LogP contribution in [-0.2, 0) is 6.42 Å². The van der Waals surface area contributed by atoms with Gasteiger partial charge >= 0.3 is 0 Å². The van der Waals surface area contributed by atoms with E-state index in [1.807, 2.05) is 24.3 Å². The van der Waals surface area contributed by atoms with Crippen LogP contribution in [0.5, 0.6) is 17.2 Å². The molecule has 0 aromatic heterocycles. The highest BCUT2D eigenvalue weighted by Gasteiger charge is 2.22. The summed E-state index contributed by atoms with van der Waals surface area (Å²) < 4.78 is 10.2. The second-order valence-corrected chi connectivity index (χ2v) is 5.45. The zero-order valence-corrected chi connectivity index (χ0v) is 13.1. The molecule has 0 amide bonds. The summed E-state index contributed by atoms with van der Waals surface area (Å²) in [5, 5.41) is 9.85. The van der Waals surface area contributed by atoms with E-state index in [0.717, 1.165) is 34.4 Å². The van der Waals surface area contributed by atoms with Crippen molar-refractivity contribution in [1.82, 2.24) is 0 Å². The molecule has 0 radical (unpaired) electrons. The van der Waals surface area contributed by atoms with Crippen LogP contribution in [0.15, 0.2) is 42.0 Å². The van der Waals surface area contributed by atoms with Gasteiger partial charge in [-0.25, -0.2) is 0 Å². The average molecular weight is 310 g/mol. The molecule has 1 N–H and O–H groups in total. The third kappa shape index (κ3) is 2.93.